The molecule has 7 heteroatoms. The zero-order valence-electron chi connectivity index (χ0n) is 14.3. The Morgan fingerprint density at radius 2 is 1.88 bits per heavy atom. The summed E-state index contributed by atoms with van der Waals surface area (Å²) in [6.07, 6.45) is 1.90. The number of amides is 2. The number of benzene rings is 2. The number of hydrogen-bond donors (Lipinski definition) is 2. The monoisotopic (exact) mass is 372 g/mol. The van der Waals surface area contributed by atoms with Crippen LogP contribution in [-0.4, -0.2) is 31.4 Å². The van der Waals surface area contributed by atoms with Crippen LogP contribution in [0.5, 0.6) is 0 Å². The van der Waals surface area contributed by atoms with Gasteiger partial charge in [-0.25, -0.2) is 0 Å². The van der Waals surface area contributed by atoms with E-state index in [9.17, 15) is 9.59 Å². The first-order valence-corrected chi connectivity index (χ1v) is 8.45. The van der Waals surface area contributed by atoms with Crippen molar-refractivity contribution in [2.45, 2.75) is 12.8 Å². The molecule has 0 saturated heterocycles. The Hall–Kier alpha value is -2.73. The van der Waals surface area contributed by atoms with Crippen LogP contribution >= 0.6 is 12.4 Å². The molecular weight excluding hydrogens is 352 g/mol. The highest BCUT2D eigenvalue weighted by Gasteiger charge is 2.29. The fourth-order valence-corrected chi connectivity index (χ4v) is 3.60. The van der Waals surface area contributed by atoms with Gasteiger partial charge in [-0.05, 0) is 42.7 Å². The van der Waals surface area contributed by atoms with Crippen molar-refractivity contribution >= 4 is 47.0 Å². The Morgan fingerprint density at radius 1 is 1.12 bits per heavy atom. The number of rotatable bonds is 2. The Bertz CT molecular complexity index is 855. The summed E-state index contributed by atoms with van der Waals surface area (Å²) < 4.78 is 0. The summed E-state index contributed by atoms with van der Waals surface area (Å²) in [5, 5.41) is 2.81. The van der Waals surface area contributed by atoms with Crippen LogP contribution in [0.4, 0.5) is 22.7 Å². The number of para-hydroxylation sites is 2. The lowest BCUT2D eigenvalue weighted by Gasteiger charge is -2.35. The first-order chi connectivity index (χ1) is 12.1. The molecule has 0 atom stereocenters. The van der Waals surface area contributed by atoms with Crippen molar-refractivity contribution < 1.29 is 9.59 Å². The number of nitrogen functional groups attached to an aromatic ring is 1. The SMILES string of the molecule is Cl.Nc1cccc2c1CCCN2CC(=O)N1CC(=O)Nc2ccccc21. The molecule has 0 fully saturated rings. The van der Waals surface area contributed by atoms with Crippen molar-refractivity contribution in [3.05, 3.63) is 48.0 Å². The van der Waals surface area contributed by atoms with Crippen molar-refractivity contribution in [3.8, 4) is 0 Å². The average Bonchev–Trinajstić information content (AvgIpc) is 2.62. The number of carbonyl (C=O) groups excluding carboxylic acids is 2. The minimum absolute atomic E-state index is 0. The Kier molecular flexibility index (Phi) is 5.04. The zero-order chi connectivity index (χ0) is 17.4. The molecule has 2 aliphatic heterocycles. The van der Waals surface area contributed by atoms with E-state index in [1.54, 1.807) is 4.90 Å². The molecule has 0 aliphatic carbocycles. The Morgan fingerprint density at radius 3 is 2.73 bits per heavy atom. The van der Waals surface area contributed by atoms with Crippen molar-refractivity contribution in [2.24, 2.45) is 0 Å². The Balaban J connectivity index is 0.00000196. The lowest BCUT2D eigenvalue weighted by molar-refractivity contribution is -0.121. The summed E-state index contributed by atoms with van der Waals surface area (Å²) in [5.74, 6) is -0.257. The van der Waals surface area contributed by atoms with Gasteiger partial charge in [0.1, 0.15) is 6.54 Å². The van der Waals surface area contributed by atoms with Crippen LogP contribution in [0.1, 0.15) is 12.0 Å². The van der Waals surface area contributed by atoms with Gasteiger partial charge in [-0.15, -0.1) is 12.4 Å². The standard InChI is InChI=1S/C19H20N4O2.ClH/c20-14-6-3-9-16-13(14)5-4-10-22(16)12-19(25)23-11-18(24)21-15-7-1-2-8-17(15)23;/h1-3,6-9H,4-5,10-12,20H2,(H,21,24);1H. The third kappa shape index (κ3) is 3.20. The fraction of sp³-hybridized carbons (Fsp3) is 0.263. The van der Waals surface area contributed by atoms with Gasteiger partial charge in [0, 0.05) is 17.9 Å². The molecule has 2 aromatic rings. The number of anilines is 4. The topological polar surface area (TPSA) is 78.7 Å². The van der Waals surface area contributed by atoms with Crippen molar-refractivity contribution in [1.29, 1.82) is 0 Å². The van der Waals surface area contributed by atoms with Gasteiger partial charge in [0.05, 0.1) is 17.9 Å². The number of nitrogens with two attached hydrogens (primary N) is 1. The molecule has 0 saturated carbocycles. The highest BCUT2D eigenvalue weighted by atomic mass is 35.5. The normalized spacial score (nSPS) is 15.5. The van der Waals surface area contributed by atoms with Crippen molar-refractivity contribution in [1.82, 2.24) is 0 Å². The molecule has 3 N–H and O–H groups in total. The van der Waals surface area contributed by atoms with Crippen LogP contribution in [0.25, 0.3) is 0 Å². The number of halogens is 1. The van der Waals surface area contributed by atoms with E-state index in [1.807, 2.05) is 42.5 Å². The maximum Gasteiger partial charge on any atom is 0.247 e. The summed E-state index contributed by atoms with van der Waals surface area (Å²) in [4.78, 5) is 28.5. The van der Waals surface area contributed by atoms with Gasteiger partial charge >= 0.3 is 0 Å². The molecule has 2 amide bonds. The number of carbonyl (C=O) groups is 2. The second-order valence-electron chi connectivity index (χ2n) is 6.42. The first-order valence-electron chi connectivity index (χ1n) is 8.45. The van der Waals surface area contributed by atoms with Crippen LogP contribution < -0.4 is 20.9 Å². The van der Waals surface area contributed by atoms with E-state index in [0.29, 0.717) is 5.69 Å². The number of fused-ring (bicyclic) bond motifs is 2. The maximum absolute atomic E-state index is 12.9. The van der Waals surface area contributed by atoms with Gasteiger partial charge in [0.2, 0.25) is 11.8 Å². The quantitative estimate of drug-likeness (QED) is 0.793. The van der Waals surface area contributed by atoms with Crippen molar-refractivity contribution in [3.63, 3.8) is 0 Å². The summed E-state index contributed by atoms with van der Waals surface area (Å²) >= 11 is 0. The highest BCUT2D eigenvalue weighted by molar-refractivity contribution is 6.10. The molecule has 26 heavy (non-hydrogen) atoms. The summed E-state index contributed by atoms with van der Waals surface area (Å²) in [6, 6.07) is 13.2. The van der Waals surface area contributed by atoms with E-state index in [0.717, 1.165) is 42.0 Å². The molecule has 6 nitrogen and oxygen atoms in total. The fourth-order valence-electron chi connectivity index (χ4n) is 3.60. The van der Waals surface area contributed by atoms with Crippen LogP contribution in [0, 0.1) is 0 Å². The molecule has 2 heterocycles. The maximum atomic E-state index is 12.9. The molecule has 0 bridgehead atoms. The number of nitrogens with zero attached hydrogens (tertiary/aromatic N) is 2. The third-order valence-electron chi connectivity index (χ3n) is 4.78. The first kappa shape index (κ1) is 18.1. The molecule has 0 spiro atoms. The summed E-state index contributed by atoms with van der Waals surface area (Å²) in [5.41, 5.74) is 10.4. The third-order valence-corrected chi connectivity index (χ3v) is 4.78. The largest absolute Gasteiger partial charge is 0.398 e. The molecule has 4 rings (SSSR count). The van der Waals surface area contributed by atoms with Gasteiger partial charge in [-0.1, -0.05) is 18.2 Å². The summed E-state index contributed by atoms with van der Waals surface area (Å²) in [7, 11) is 0. The molecular formula is C19H21ClN4O2. The minimum Gasteiger partial charge on any atom is -0.398 e. The average molecular weight is 373 g/mol. The van der Waals surface area contributed by atoms with Gasteiger partial charge in [0.25, 0.3) is 0 Å². The van der Waals surface area contributed by atoms with Crippen LogP contribution in [0.3, 0.4) is 0 Å². The molecule has 0 radical (unpaired) electrons. The van der Waals surface area contributed by atoms with Crippen LogP contribution in [0.15, 0.2) is 42.5 Å². The van der Waals surface area contributed by atoms with E-state index >= 15 is 0 Å². The lowest BCUT2D eigenvalue weighted by atomic mass is 10.00. The van der Waals surface area contributed by atoms with E-state index in [1.165, 1.54) is 0 Å². The lowest BCUT2D eigenvalue weighted by Crippen LogP contribution is -2.47. The Labute approximate surface area is 158 Å². The predicted molar refractivity (Wildman–Crippen MR) is 106 cm³/mol. The number of nitrogens with one attached hydrogen (secondary N) is 1. The molecule has 136 valence electrons. The van der Waals surface area contributed by atoms with E-state index < -0.39 is 0 Å². The predicted octanol–water partition coefficient (Wildman–Crippen LogP) is 2.43. The van der Waals surface area contributed by atoms with Crippen molar-refractivity contribution in [2.75, 3.05) is 40.5 Å². The van der Waals surface area contributed by atoms with Gasteiger partial charge in [-0.3, -0.25) is 14.5 Å². The molecule has 2 aliphatic rings. The van der Waals surface area contributed by atoms with E-state index in [-0.39, 0.29) is 37.3 Å². The van der Waals surface area contributed by atoms with E-state index in [4.69, 9.17) is 5.73 Å². The molecule has 2 aromatic carbocycles. The second-order valence-corrected chi connectivity index (χ2v) is 6.42. The van der Waals surface area contributed by atoms with E-state index in [2.05, 4.69) is 10.2 Å². The highest BCUT2D eigenvalue weighted by Crippen LogP contribution is 2.32. The molecule has 0 aromatic heterocycles. The van der Waals surface area contributed by atoms with Crippen LogP contribution in [-0.2, 0) is 16.0 Å². The summed E-state index contributed by atoms with van der Waals surface area (Å²) in [6.45, 7) is 1.09. The zero-order valence-corrected chi connectivity index (χ0v) is 15.1. The minimum atomic E-state index is -0.171. The van der Waals surface area contributed by atoms with Gasteiger partial charge in [0.15, 0.2) is 0 Å². The van der Waals surface area contributed by atoms with Gasteiger partial charge < -0.3 is 16.0 Å². The smallest absolute Gasteiger partial charge is 0.247 e. The number of hydrogen-bond acceptors (Lipinski definition) is 4. The molecule has 0 unspecified atom stereocenters. The second kappa shape index (κ2) is 7.25. The van der Waals surface area contributed by atoms with Gasteiger partial charge in [-0.2, -0.15) is 0 Å². The van der Waals surface area contributed by atoms with Crippen LogP contribution in [0.2, 0.25) is 0 Å².